The number of nitrogens with one attached hydrogen (secondary N) is 4. The van der Waals surface area contributed by atoms with Gasteiger partial charge in [-0.15, -0.1) is 0 Å². The highest BCUT2D eigenvalue weighted by molar-refractivity contribution is 5.96. The van der Waals surface area contributed by atoms with E-state index in [1.165, 1.54) is 24.0 Å². The summed E-state index contributed by atoms with van der Waals surface area (Å²) < 4.78 is 0. The Morgan fingerprint density at radius 3 is 2.17 bits per heavy atom. The van der Waals surface area contributed by atoms with Crippen LogP contribution in [-0.4, -0.2) is 88.6 Å². The second-order valence-electron chi connectivity index (χ2n) is 10.5. The lowest BCUT2D eigenvalue weighted by Gasteiger charge is -2.28. The number of nitrogens with two attached hydrogens (primary N) is 2. The smallest absolute Gasteiger partial charge is 0.246 e. The predicted octanol–water partition coefficient (Wildman–Crippen LogP) is -2.47. The van der Waals surface area contributed by atoms with Gasteiger partial charge >= 0.3 is 0 Å². The molecule has 1 aliphatic heterocycles. The molecule has 9 N–H and O–H groups in total. The minimum absolute atomic E-state index is 0.0495. The van der Waals surface area contributed by atoms with Crippen molar-refractivity contribution >= 4 is 41.4 Å². The summed E-state index contributed by atoms with van der Waals surface area (Å²) in [6.45, 7) is 4.25. The van der Waals surface area contributed by atoms with E-state index in [0.29, 0.717) is 18.4 Å². The SMILES string of the molecule is CC(=O)N[C@@H](Cc1ccc(O)cc1)C(=O)N1CCC[C@H]1C(=O)NCC(=O)N[C@@H](CC(N)=O)C(=O)N[C@H](C(N)=O)C(C)C. The molecule has 0 spiro atoms. The van der Waals surface area contributed by atoms with Crippen molar-refractivity contribution in [2.45, 2.75) is 70.6 Å². The number of phenols is 1. The summed E-state index contributed by atoms with van der Waals surface area (Å²) in [5.74, 6) is -5.20. The fraction of sp³-hybridized carbons (Fsp3) is 0.519. The second kappa shape index (κ2) is 15.3. The van der Waals surface area contributed by atoms with Crippen LogP contribution in [-0.2, 0) is 40.0 Å². The van der Waals surface area contributed by atoms with E-state index in [4.69, 9.17) is 11.5 Å². The van der Waals surface area contributed by atoms with Crippen molar-refractivity contribution in [2.75, 3.05) is 13.1 Å². The topological polar surface area (TPSA) is 243 Å². The van der Waals surface area contributed by atoms with Crippen LogP contribution in [0.1, 0.15) is 45.6 Å². The Morgan fingerprint density at radius 1 is 0.976 bits per heavy atom. The van der Waals surface area contributed by atoms with Crippen molar-refractivity contribution in [3.63, 3.8) is 0 Å². The lowest BCUT2D eigenvalue weighted by atomic mass is 10.0. The molecular formula is C27H39N7O8. The Balaban J connectivity index is 2.04. The first-order chi connectivity index (χ1) is 19.7. The maximum atomic E-state index is 13.4. The van der Waals surface area contributed by atoms with Gasteiger partial charge in [0.2, 0.25) is 41.4 Å². The van der Waals surface area contributed by atoms with E-state index in [0.717, 1.165) is 0 Å². The van der Waals surface area contributed by atoms with E-state index < -0.39 is 78.5 Å². The Kier molecular flexibility index (Phi) is 12.2. The zero-order valence-electron chi connectivity index (χ0n) is 23.8. The summed E-state index contributed by atoms with van der Waals surface area (Å²) in [5.41, 5.74) is 11.2. The van der Waals surface area contributed by atoms with Crippen LogP contribution in [0.4, 0.5) is 0 Å². The molecule has 1 aliphatic rings. The second-order valence-corrected chi connectivity index (χ2v) is 10.5. The molecule has 0 bridgehead atoms. The molecule has 1 aromatic carbocycles. The van der Waals surface area contributed by atoms with Crippen molar-refractivity contribution in [2.24, 2.45) is 17.4 Å². The molecule has 15 heteroatoms. The third kappa shape index (κ3) is 10.1. The van der Waals surface area contributed by atoms with Crippen LogP contribution in [0.3, 0.4) is 0 Å². The standard InChI is InChI=1S/C27H39N7O8/c1-14(2)23(24(29)39)33-25(40)18(12-21(28)37)32-22(38)13-30-26(41)20-5-4-10-34(20)27(42)19(31-15(3)35)11-16-6-8-17(36)9-7-16/h6-9,14,18-20,23,36H,4-5,10-13H2,1-3H3,(H2,28,37)(H2,29,39)(H,30,41)(H,31,35)(H,32,38)(H,33,40)/t18-,19-,20-,23-/m0/s1. The van der Waals surface area contributed by atoms with Crippen LogP contribution in [0.25, 0.3) is 0 Å². The van der Waals surface area contributed by atoms with Gasteiger partial charge in [-0.3, -0.25) is 33.6 Å². The van der Waals surface area contributed by atoms with Gasteiger partial charge in [0.05, 0.1) is 13.0 Å². The molecule has 230 valence electrons. The van der Waals surface area contributed by atoms with Crippen molar-refractivity contribution in [1.29, 1.82) is 0 Å². The molecule has 1 saturated heterocycles. The number of rotatable bonds is 14. The van der Waals surface area contributed by atoms with Gasteiger partial charge < -0.3 is 42.7 Å². The van der Waals surface area contributed by atoms with Crippen LogP contribution in [0.5, 0.6) is 5.75 Å². The fourth-order valence-corrected chi connectivity index (χ4v) is 4.58. The highest BCUT2D eigenvalue weighted by Crippen LogP contribution is 2.20. The molecule has 0 saturated carbocycles. The van der Waals surface area contributed by atoms with Gasteiger partial charge in [0, 0.05) is 19.9 Å². The number of nitrogens with zero attached hydrogens (tertiary/aromatic N) is 1. The van der Waals surface area contributed by atoms with Crippen molar-refractivity contribution in [3.8, 4) is 5.75 Å². The first-order valence-corrected chi connectivity index (χ1v) is 13.5. The number of amides is 7. The number of primary amides is 2. The first kappa shape index (κ1) is 33.5. The minimum Gasteiger partial charge on any atom is -0.508 e. The summed E-state index contributed by atoms with van der Waals surface area (Å²) >= 11 is 0. The van der Waals surface area contributed by atoms with Gasteiger partial charge in [-0.2, -0.15) is 0 Å². The lowest BCUT2D eigenvalue weighted by Crippen LogP contribution is -2.57. The Hall–Kier alpha value is -4.69. The van der Waals surface area contributed by atoms with Crippen molar-refractivity contribution < 1.29 is 38.7 Å². The molecule has 15 nitrogen and oxygen atoms in total. The van der Waals surface area contributed by atoms with Crippen LogP contribution < -0.4 is 32.7 Å². The summed E-state index contributed by atoms with van der Waals surface area (Å²) in [5, 5.41) is 19.3. The molecule has 1 fully saturated rings. The van der Waals surface area contributed by atoms with Gasteiger partial charge in [-0.25, -0.2) is 0 Å². The molecule has 42 heavy (non-hydrogen) atoms. The molecule has 1 aromatic rings. The molecule has 0 unspecified atom stereocenters. The van der Waals surface area contributed by atoms with E-state index in [9.17, 15) is 38.7 Å². The molecule has 4 atom stereocenters. The van der Waals surface area contributed by atoms with Gasteiger partial charge in [-0.1, -0.05) is 26.0 Å². The molecule has 1 heterocycles. The normalized spacial score (nSPS) is 16.6. The summed E-state index contributed by atoms with van der Waals surface area (Å²) in [7, 11) is 0. The summed E-state index contributed by atoms with van der Waals surface area (Å²) in [6.07, 6.45) is 0.398. The predicted molar refractivity (Wildman–Crippen MR) is 149 cm³/mol. The Bertz CT molecular complexity index is 1190. The Labute approximate surface area is 243 Å². The number of hydrogen-bond acceptors (Lipinski definition) is 8. The average molecular weight is 590 g/mol. The van der Waals surface area contributed by atoms with Crippen LogP contribution in [0, 0.1) is 5.92 Å². The number of phenolic OH excluding ortho intramolecular Hbond substituents is 1. The summed E-state index contributed by atoms with van der Waals surface area (Å²) in [4.78, 5) is 87.9. The Morgan fingerprint density at radius 2 is 1.62 bits per heavy atom. The zero-order chi connectivity index (χ0) is 31.6. The highest BCUT2D eigenvalue weighted by Gasteiger charge is 2.38. The lowest BCUT2D eigenvalue weighted by molar-refractivity contribution is -0.141. The van der Waals surface area contributed by atoms with E-state index in [1.54, 1.807) is 26.0 Å². The minimum atomic E-state index is -1.42. The number of benzene rings is 1. The molecule has 0 aliphatic carbocycles. The fourth-order valence-electron chi connectivity index (χ4n) is 4.58. The number of likely N-dealkylation sites (tertiary alicyclic amines) is 1. The van der Waals surface area contributed by atoms with Crippen LogP contribution >= 0.6 is 0 Å². The van der Waals surface area contributed by atoms with Gasteiger partial charge in [0.25, 0.3) is 0 Å². The summed E-state index contributed by atoms with van der Waals surface area (Å²) in [6, 6.07) is 1.81. The molecule has 0 aromatic heterocycles. The molecular weight excluding hydrogens is 550 g/mol. The maximum absolute atomic E-state index is 13.4. The number of aromatic hydroxyl groups is 1. The molecule has 2 rings (SSSR count). The van der Waals surface area contributed by atoms with Gasteiger partial charge in [-0.05, 0) is 36.5 Å². The quantitative estimate of drug-likeness (QED) is 0.122. The van der Waals surface area contributed by atoms with Crippen molar-refractivity contribution in [1.82, 2.24) is 26.2 Å². The van der Waals surface area contributed by atoms with Crippen LogP contribution in [0.2, 0.25) is 0 Å². The first-order valence-electron chi connectivity index (χ1n) is 13.5. The van der Waals surface area contributed by atoms with E-state index in [-0.39, 0.29) is 24.6 Å². The third-order valence-corrected chi connectivity index (χ3v) is 6.64. The van der Waals surface area contributed by atoms with E-state index in [1.807, 2.05) is 0 Å². The molecule has 7 amide bonds. The van der Waals surface area contributed by atoms with Crippen molar-refractivity contribution in [3.05, 3.63) is 29.8 Å². The van der Waals surface area contributed by atoms with Crippen LogP contribution in [0.15, 0.2) is 24.3 Å². The van der Waals surface area contributed by atoms with Gasteiger partial charge in [0.15, 0.2) is 0 Å². The largest absolute Gasteiger partial charge is 0.508 e. The third-order valence-electron chi connectivity index (χ3n) is 6.64. The highest BCUT2D eigenvalue weighted by atomic mass is 16.3. The number of carbonyl (C=O) groups is 7. The van der Waals surface area contributed by atoms with E-state index in [2.05, 4.69) is 21.3 Å². The zero-order valence-corrected chi connectivity index (χ0v) is 23.8. The van der Waals surface area contributed by atoms with Gasteiger partial charge in [0.1, 0.15) is 29.9 Å². The number of carbonyl (C=O) groups excluding carboxylic acids is 7. The maximum Gasteiger partial charge on any atom is 0.246 e. The molecule has 0 radical (unpaired) electrons. The van der Waals surface area contributed by atoms with E-state index >= 15 is 0 Å². The number of hydrogen-bond donors (Lipinski definition) is 7. The monoisotopic (exact) mass is 589 g/mol. The average Bonchev–Trinajstić information content (AvgIpc) is 3.39.